The Balaban J connectivity index is 4.14. The number of rotatable bonds is 55. The normalized spacial score (nSPS) is 14.2. The van der Waals surface area contributed by atoms with Crippen molar-refractivity contribution in [3.05, 3.63) is 48.6 Å². The molecule has 3 unspecified atom stereocenters. The maximum atomic E-state index is 13.0. The van der Waals surface area contributed by atoms with E-state index in [4.69, 9.17) is 9.05 Å². The number of phosphoric acid groups is 1. The second-order valence-corrected chi connectivity index (χ2v) is 23.1. The van der Waals surface area contributed by atoms with E-state index in [1.807, 2.05) is 21.1 Å². The molecular formula is C61H117N2O6P. The largest absolute Gasteiger partial charge is 0.756 e. The first-order chi connectivity index (χ1) is 34.0. The van der Waals surface area contributed by atoms with Gasteiger partial charge in [0.1, 0.15) is 13.2 Å². The van der Waals surface area contributed by atoms with Gasteiger partial charge in [0, 0.05) is 6.42 Å². The van der Waals surface area contributed by atoms with Crippen LogP contribution in [0.3, 0.4) is 0 Å². The lowest BCUT2D eigenvalue weighted by atomic mass is 10.0. The average molecular weight is 1010 g/mol. The highest BCUT2D eigenvalue weighted by molar-refractivity contribution is 7.45. The topological polar surface area (TPSA) is 108 Å². The summed E-state index contributed by atoms with van der Waals surface area (Å²) in [6.07, 6.45) is 68.6. The molecular weight excluding hydrogens is 888 g/mol. The zero-order chi connectivity index (χ0) is 51.3. The van der Waals surface area contributed by atoms with Crippen molar-refractivity contribution < 1.29 is 32.9 Å². The molecule has 1 amide bonds. The van der Waals surface area contributed by atoms with Crippen molar-refractivity contribution in [2.24, 2.45) is 0 Å². The van der Waals surface area contributed by atoms with Crippen LogP contribution in [0.25, 0.3) is 0 Å². The van der Waals surface area contributed by atoms with Gasteiger partial charge in [0.05, 0.1) is 39.9 Å². The summed E-state index contributed by atoms with van der Waals surface area (Å²) < 4.78 is 23.5. The molecule has 0 bridgehead atoms. The number of carbonyl (C=O) groups excluding carboxylic acids is 1. The molecule has 70 heavy (non-hydrogen) atoms. The summed E-state index contributed by atoms with van der Waals surface area (Å²) in [6, 6.07) is -0.806. The zero-order valence-electron chi connectivity index (χ0n) is 47.0. The molecule has 0 aromatic carbocycles. The lowest BCUT2D eigenvalue weighted by Crippen LogP contribution is -2.46. The maximum absolute atomic E-state index is 13.0. The molecule has 0 saturated heterocycles. The van der Waals surface area contributed by atoms with E-state index >= 15 is 0 Å². The number of carbonyl (C=O) groups is 1. The summed E-state index contributed by atoms with van der Waals surface area (Å²) in [5, 5.41) is 14.0. The molecule has 0 aliphatic heterocycles. The molecule has 0 aromatic rings. The number of allylic oxidation sites excluding steroid dienone is 8. The Labute approximate surface area is 435 Å². The number of aliphatic hydroxyl groups is 1. The van der Waals surface area contributed by atoms with Gasteiger partial charge >= 0.3 is 0 Å². The van der Waals surface area contributed by atoms with Gasteiger partial charge in [-0.2, -0.15) is 0 Å². The molecule has 9 heteroatoms. The predicted octanol–water partition coefficient (Wildman–Crippen LogP) is 17.7. The molecule has 412 valence electrons. The van der Waals surface area contributed by atoms with Crippen LogP contribution in [0, 0.1) is 0 Å². The van der Waals surface area contributed by atoms with E-state index in [0.717, 1.165) is 64.2 Å². The highest BCUT2D eigenvalue weighted by Gasteiger charge is 2.24. The van der Waals surface area contributed by atoms with Gasteiger partial charge in [-0.3, -0.25) is 9.36 Å². The van der Waals surface area contributed by atoms with Gasteiger partial charge in [0.15, 0.2) is 0 Å². The molecule has 2 N–H and O–H groups in total. The van der Waals surface area contributed by atoms with Crippen LogP contribution in [0.1, 0.15) is 284 Å². The van der Waals surface area contributed by atoms with Gasteiger partial charge in [-0.05, 0) is 51.4 Å². The number of hydrogen-bond acceptors (Lipinski definition) is 6. The molecule has 0 aliphatic rings. The maximum Gasteiger partial charge on any atom is 0.268 e. The molecule has 0 aromatic heterocycles. The van der Waals surface area contributed by atoms with E-state index in [2.05, 4.69) is 67.8 Å². The third-order valence-electron chi connectivity index (χ3n) is 13.6. The van der Waals surface area contributed by atoms with Gasteiger partial charge in [0.25, 0.3) is 7.82 Å². The second-order valence-electron chi connectivity index (χ2n) is 21.7. The van der Waals surface area contributed by atoms with Crippen LogP contribution >= 0.6 is 7.82 Å². The van der Waals surface area contributed by atoms with Crippen LogP contribution in [0.15, 0.2) is 48.6 Å². The number of unbranched alkanes of at least 4 members (excludes halogenated alkanes) is 34. The van der Waals surface area contributed by atoms with Crippen LogP contribution in [0.2, 0.25) is 0 Å². The number of likely N-dealkylation sites (N-methyl/N-ethyl adjacent to an activating group) is 1. The van der Waals surface area contributed by atoms with Crippen LogP contribution in [-0.4, -0.2) is 68.5 Å². The first-order valence-electron chi connectivity index (χ1n) is 30.0. The smallest absolute Gasteiger partial charge is 0.268 e. The minimum absolute atomic E-state index is 0.0106. The van der Waals surface area contributed by atoms with Gasteiger partial charge < -0.3 is 28.8 Å². The van der Waals surface area contributed by atoms with Gasteiger partial charge in [0.2, 0.25) is 5.91 Å². The second kappa shape index (κ2) is 52.3. The number of nitrogens with one attached hydrogen (secondary N) is 1. The summed E-state index contributed by atoms with van der Waals surface area (Å²) >= 11 is 0. The fourth-order valence-electron chi connectivity index (χ4n) is 8.92. The fraction of sp³-hybridized carbons (Fsp3) is 0.852. The van der Waals surface area contributed by atoms with Gasteiger partial charge in [-0.1, -0.05) is 274 Å². The molecule has 0 aliphatic carbocycles. The summed E-state index contributed by atoms with van der Waals surface area (Å²) in [7, 11) is 1.31. The number of phosphoric ester groups is 1. The van der Waals surface area contributed by atoms with Crippen molar-refractivity contribution >= 4 is 13.7 Å². The number of hydrogen-bond donors (Lipinski definition) is 2. The van der Waals surface area contributed by atoms with Gasteiger partial charge in [-0.25, -0.2) is 0 Å². The Bertz CT molecular complexity index is 1280. The average Bonchev–Trinajstić information content (AvgIpc) is 3.32. The highest BCUT2D eigenvalue weighted by Crippen LogP contribution is 2.38. The SMILES string of the molecule is CC/C=C\C/C=C\C/C=C\C/C=C\CCCCCCCCCCCCC(=O)NC(COP(=O)([O-])OCC[N+](C)(C)C)C(O)CCCCCCCCCCCCCCCCCCCCCCCCCCC. The Kier molecular flexibility index (Phi) is 51.2. The first-order valence-corrected chi connectivity index (χ1v) is 31.4. The number of aliphatic hydroxyl groups excluding tert-OH is 1. The van der Waals surface area contributed by atoms with Crippen LogP contribution in [0.4, 0.5) is 0 Å². The lowest BCUT2D eigenvalue weighted by Gasteiger charge is -2.30. The van der Waals surface area contributed by atoms with E-state index in [1.54, 1.807) is 0 Å². The Morgan fingerprint density at radius 3 is 1.27 bits per heavy atom. The number of amides is 1. The first kappa shape index (κ1) is 68.5. The zero-order valence-corrected chi connectivity index (χ0v) is 47.9. The highest BCUT2D eigenvalue weighted by atomic mass is 31.2. The molecule has 0 fully saturated rings. The van der Waals surface area contributed by atoms with Crippen molar-refractivity contribution in [2.75, 3.05) is 40.9 Å². The minimum atomic E-state index is -4.58. The molecule has 3 atom stereocenters. The number of nitrogens with zero attached hydrogens (tertiary/aromatic N) is 1. The third kappa shape index (κ3) is 54.2. The summed E-state index contributed by atoms with van der Waals surface area (Å²) in [6.45, 7) is 4.64. The van der Waals surface area contributed by atoms with Crippen molar-refractivity contribution in [1.82, 2.24) is 5.32 Å². The van der Waals surface area contributed by atoms with E-state index in [1.165, 1.54) is 193 Å². The van der Waals surface area contributed by atoms with Crippen molar-refractivity contribution in [1.29, 1.82) is 0 Å². The van der Waals surface area contributed by atoms with Crippen molar-refractivity contribution in [2.45, 2.75) is 296 Å². The molecule has 0 heterocycles. The summed E-state index contributed by atoms with van der Waals surface area (Å²) in [4.78, 5) is 25.6. The van der Waals surface area contributed by atoms with Crippen molar-refractivity contribution in [3.8, 4) is 0 Å². The van der Waals surface area contributed by atoms with Gasteiger partial charge in [-0.15, -0.1) is 0 Å². The summed E-state index contributed by atoms with van der Waals surface area (Å²) in [5.74, 6) is -0.167. The fourth-order valence-corrected chi connectivity index (χ4v) is 9.64. The van der Waals surface area contributed by atoms with E-state index in [-0.39, 0.29) is 19.1 Å². The predicted molar refractivity (Wildman–Crippen MR) is 302 cm³/mol. The Morgan fingerprint density at radius 1 is 0.514 bits per heavy atom. The van der Waals surface area contributed by atoms with Crippen molar-refractivity contribution in [3.63, 3.8) is 0 Å². The van der Waals surface area contributed by atoms with Crippen LogP contribution in [0.5, 0.6) is 0 Å². The van der Waals surface area contributed by atoms with E-state index in [0.29, 0.717) is 23.9 Å². The lowest BCUT2D eigenvalue weighted by molar-refractivity contribution is -0.870. The third-order valence-corrected chi connectivity index (χ3v) is 14.5. The summed E-state index contributed by atoms with van der Waals surface area (Å²) in [5.41, 5.74) is 0. The van der Waals surface area contributed by atoms with E-state index in [9.17, 15) is 19.4 Å². The molecule has 0 rings (SSSR count). The monoisotopic (exact) mass is 1000 g/mol. The van der Waals surface area contributed by atoms with E-state index < -0.39 is 20.0 Å². The standard InChI is InChI=1S/C61H117N2O6P/c1-6-8-10-12-14-16-18-20-22-24-26-28-30-31-33-34-36-38-40-42-44-46-48-50-52-54-60(64)59(58-69-70(66,67)68-57-56-63(3,4)5)62-61(65)55-53-51-49-47-45-43-41-39-37-35-32-29-27-25-23-21-19-17-15-13-11-9-7-2/h9,11,15,17,21,23,27,29,59-60,64H,6-8,10,12-14,16,18-20,22,24-26,28,30-58H2,1-5H3,(H-,62,65,66,67)/b11-9-,17-15-,23-21-,29-27-. The Hall–Kier alpha value is -1.54. The number of quaternary nitrogens is 1. The molecule has 0 saturated carbocycles. The molecule has 0 radical (unpaired) electrons. The van der Waals surface area contributed by atoms with Crippen LogP contribution in [-0.2, 0) is 18.4 Å². The molecule has 0 spiro atoms. The molecule has 8 nitrogen and oxygen atoms in total. The minimum Gasteiger partial charge on any atom is -0.756 e. The Morgan fingerprint density at radius 2 is 0.871 bits per heavy atom. The van der Waals surface area contributed by atoms with Crippen LogP contribution < -0.4 is 10.2 Å². The quantitative estimate of drug-likeness (QED) is 0.0272.